The van der Waals surface area contributed by atoms with Crippen molar-refractivity contribution < 1.29 is 0 Å². The Labute approximate surface area is 118 Å². The second kappa shape index (κ2) is 4.23. The summed E-state index contributed by atoms with van der Waals surface area (Å²) in [6.07, 6.45) is 16.8. The Balaban J connectivity index is 2.04. The van der Waals surface area contributed by atoms with Gasteiger partial charge in [0.15, 0.2) is 0 Å². The molecule has 3 aliphatic carbocycles. The fraction of sp³-hybridized carbons (Fsp3) is 0.579. The summed E-state index contributed by atoms with van der Waals surface area (Å²) < 4.78 is 0. The predicted octanol–water partition coefficient (Wildman–Crippen LogP) is 5.59. The molecular formula is C19H26. The molecule has 0 amide bonds. The van der Waals surface area contributed by atoms with Crippen molar-refractivity contribution in [2.24, 2.45) is 16.7 Å². The van der Waals surface area contributed by atoms with Crippen molar-refractivity contribution in [3.63, 3.8) is 0 Å². The molecule has 0 N–H and O–H groups in total. The molecule has 0 aromatic carbocycles. The van der Waals surface area contributed by atoms with Crippen LogP contribution in [0.2, 0.25) is 0 Å². The summed E-state index contributed by atoms with van der Waals surface area (Å²) in [5.41, 5.74) is 5.62. The summed E-state index contributed by atoms with van der Waals surface area (Å²) in [7, 11) is 0. The van der Waals surface area contributed by atoms with Gasteiger partial charge in [-0.3, -0.25) is 0 Å². The topological polar surface area (TPSA) is 0 Å². The van der Waals surface area contributed by atoms with E-state index in [1.807, 2.05) is 0 Å². The van der Waals surface area contributed by atoms with E-state index in [1.54, 1.807) is 11.1 Å². The standard InChI is InChI=1S/C19H26/c1-14-9-11-15(12-10-14)19(4)13-18(2,3)16-7-5-6-8-17(16)19/h5-6,8-9,11,16H,7,10,12-13H2,1-4H3. The SMILES string of the molecule is CC1=CC=C(C2(C)CC(C)(C)C3CC=CC=C32)CC1. The molecule has 0 spiro atoms. The van der Waals surface area contributed by atoms with Crippen LogP contribution in [0.5, 0.6) is 0 Å². The maximum absolute atomic E-state index is 2.49. The van der Waals surface area contributed by atoms with Crippen molar-refractivity contribution in [3.05, 3.63) is 47.1 Å². The van der Waals surface area contributed by atoms with Crippen molar-refractivity contribution in [2.45, 2.75) is 53.4 Å². The zero-order valence-corrected chi connectivity index (χ0v) is 12.8. The van der Waals surface area contributed by atoms with Crippen molar-refractivity contribution in [1.29, 1.82) is 0 Å². The van der Waals surface area contributed by atoms with Gasteiger partial charge in [0.05, 0.1) is 0 Å². The maximum atomic E-state index is 2.49. The molecule has 2 unspecified atom stereocenters. The molecule has 0 saturated heterocycles. The number of hydrogen-bond donors (Lipinski definition) is 0. The Morgan fingerprint density at radius 3 is 2.53 bits per heavy atom. The van der Waals surface area contributed by atoms with Crippen LogP contribution in [0, 0.1) is 16.7 Å². The Bertz CT molecular complexity index is 510. The number of fused-ring (bicyclic) bond motifs is 1. The van der Waals surface area contributed by atoms with Gasteiger partial charge in [-0.2, -0.15) is 0 Å². The summed E-state index contributed by atoms with van der Waals surface area (Å²) in [5, 5.41) is 0. The molecule has 0 nitrogen and oxygen atoms in total. The number of rotatable bonds is 1. The Kier molecular flexibility index (Phi) is 2.89. The van der Waals surface area contributed by atoms with Gasteiger partial charge in [-0.15, -0.1) is 0 Å². The molecule has 1 fully saturated rings. The molecule has 1 saturated carbocycles. The predicted molar refractivity (Wildman–Crippen MR) is 82.9 cm³/mol. The van der Waals surface area contributed by atoms with Gasteiger partial charge in [0, 0.05) is 5.41 Å². The molecule has 0 aliphatic heterocycles. The van der Waals surface area contributed by atoms with E-state index < -0.39 is 0 Å². The van der Waals surface area contributed by atoms with Gasteiger partial charge < -0.3 is 0 Å². The Hall–Kier alpha value is -1.04. The summed E-state index contributed by atoms with van der Waals surface area (Å²) >= 11 is 0. The fourth-order valence-corrected chi connectivity index (χ4v) is 4.57. The van der Waals surface area contributed by atoms with Gasteiger partial charge in [-0.1, -0.05) is 67.9 Å². The van der Waals surface area contributed by atoms with Gasteiger partial charge in [0.2, 0.25) is 0 Å². The summed E-state index contributed by atoms with van der Waals surface area (Å²) in [4.78, 5) is 0. The second-order valence-electron chi connectivity index (χ2n) is 7.54. The molecule has 0 heteroatoms. The molecule has 102 valence electrons. The van der Waals surface area contributed by atoms with E-state index in [0.29, 0.717) is 10.8 Å². The number of allylic oxidation sites excluding steroid dienone is 8. The lowest BCUT2D eigenvalue weighted by Gasteiger charge is -2.33. The van der Waals surface area contributed by atoms with E-state index in [1.165, 1.54) is 31.3 Å². The lowest BCUT2D eigenvalue weighted by atomic mass is 9.71. The first-order valence-electron chi connectivity index (χ1n) is 7.67. The fourth-order valence-electron chi connectivity index (χ4n) is 4.57. The van der Waals surface area contributed by atoms with Crippen LogP contribution in [0.1, 0.15) is 53.4 Å². The van der Waals surface area contributed by atoms with Gasteiger partial charge in [0.25, 0.3) is 0 Å². The van der Waals surface area contributed by atoms with Crippen LogP contribution < -0.4 is 0 Å². The maximum Gasteiger partial charge on any atom is 0.0107 e. The summed E-state index contributed by atoms with van der Waals surface area (Å²) in [6.45, 7) is 9.65. The van der Waals surface area contributed by atoms with Crippen molar-refractivity contribution in [1.82, 2.24) is 0 Å². The van der Waals surface area contributed by atoms with Gasteiger partial charge >= 0.3 is 0 Å². The first-order chi connectivity index (χ1) is 8.93. The van der Waals surface area contributed by atoms with Crippen LogP contribution in [-0.2, 0) is 0 Å². The molecule has 2 atom stereocenters. The molecule has 0 radical (unpaired) electrons. The third kappa shape index (κ3) is 1.96. The zero-order valence-electron chi connectivity index (χ0n) is 12.8. The molecular weight excluding hydrogens is 228 g/mol. The van der Waals surface area contributed by atoms with Crippen LogP contribution >= 0.6 is 0 Å². The molecule has 0 heterocycles. The van der Waals surface area contributed by atoms with Gasteiger partial charge in [-0.05, 0) is 43.9 Å². The van der Waals surface area contributed by atoms with Crippen LogP contribution in [0.4, 0.5) is 0 Å². The lowest BCUT2D eigenvalue weighted by Crippen LogP contribution is -2.20. The first kappa shape index (κ1) is 13.0. The Morgan fingerprint density at radius 1 is 1.05 bits per heavy atom. The molecule has 19 heavy (non-hydrogen) atoms. The average Bonchev–Trinajstić information content (AvgIpc) is 2.59. The summed E-state index contributed by atoms with van der Waals surface area (Å²) in [5.74, 6) is 0.746. The quantitative estimate of drug-likeness (QED) is 0.572. The van der Waals surface area contributed by atoms with Crippen LogP contribution in [0.25, 0.3) is 0 Å². The van der Waals surface area contributed by atoms with Crippen LogP contribution in [0.15, 0.2) is 47.1 Å². The minimum atomic E-state index is 0.302. The van der Waals surface area contributed by atoms with E-state index in [9.17, 15) is 0 Å². The van der Waals surface area contributed by atoms with E-state index in [4.69, 9.17) is 0 Å². The average molecular weight is 254 g/mol. The van der Waals surface area contributed by atoms with Crippen molar-refractivity contribution >= 4 is 0 Å². The normalized spacial score (nSPS) is 36.4. The third-order valence-electron chi connectivity index (χ3n) is 5.62. The van der Waals surface area contributed by atoms with Crippen molar-refractivity contribution in [2.75, 3.05) is 0 Å². The van der Waals surface area contributed by atoms with E-state index in [-0.39, 0.29) is 0 Å². The molecule has 0 bridgehead atoms. The lowest BCUT2D eigenvalue weighted by molar-refractivity contribution is 0.260. The van der Waals surface area contributed by atoms with E-state index in [0.717, 1.165) is 5.92 Å². The van der Waals surface area contributed by atoms with E-state index in [2.05, 4.69) is 58.1 Å². The molecule has 3 aliphatic rings. The minimum absolute atomic E-state index is 0.302. The minimum Gasteiger partial charge on any atom is -0.0839 e. The van der Waals surface area contributed by atoms with Gasteiger partial charge in [-0.25, -0.2) is 0 Å². The third-order valence-corrected chi connectivity index (χ3v) is 5.62. The molecule has 0 aromatic rings. The largest absolute Gasteiger partial charge is 0.0839 e. The first-order valence-corrected chi connectivity index (χ1v) is 7.67. The van der Waals surface area contributed by atoms with Gasteiger partial charge in [0.1, 0.15) is 0 Å². The highest BCUT2D eigenvalue weighted by Gasteiger charge is 2.51. The van der Waals surface area contributed by atoms with Crippen molar-refractivity contribution in [3.8, 4) is 0 Å². The molecule has 3 rings (SSSR count). The Morgan fingerprint density at radius 2 is 1.84 bits per heavy atom. The smallest absolute Gasteiger partial charge is 0.0107 e. The summed E-state index contributed by atoms with van der Waals surface area (Å²) in [6, 6.07) is 0. The second-order valence-corrected chi connectivity index (χ2v) is 7.54. The van der Waals surface area contributed by atoms with Crippen LogP contribution in [0.3, 0.4) is 0 Å². The van der Waals surface area contributed by atoms with E-state index >= 15 is 0 Å². The highest BCUT2D eigenvalue weighted by atomic mass is 14.6. The highest BCUT2D eigenvalue weighted by molar-refractivity contribution is 5.43. The van der Waals surface area contributed by atoms with Crippen LogP contribution in [-0.4, -0.2) is 0 Å². The number of hydrogen-bond acceptors (Lipinski definition) is 0. The molecule has 0 aromatic heterocycles. The highest BCUT2D eigenvalue weighted by Crippen LogP contribution is 2.62. The monoisotopic (exact) mass is 254 g/mol. The zero-order chi connectivity index (χ0) is 13.7.